The Hall–Kier alpha value is -0.300. The fourth-order valence-electron chi connectivity index (χ4n) is 2.65. The molecule has 0 amide bonds. The second kappa shape index (κ2) is 5.55. The summed E-state index contributed by atoms with van der Waals surface area (Å²) >= 11 is 0. The van der Waals surface area contributed by atoms with Crippen LogP contribution >= 0.6 is 0 Å². The Kier molecular flexibility index (Phi) is 4.67. The molecule has 0 saturated heterocycles. The van der Waals surface area contributed by atoms with Crippen molar-refractivity contribution < 1.29 is 0 Å². The van der Waals surface area contributed by atoms with Crippen molar-refractivity contribution in [3.8, 4) is 0 Å². The zero-order valence-corrected chi connectivity index (χ0v) is 9.76. The Morgan fingerprint density at radius 2 is 1.93 bits per heavy atom. The van der Waals surface area contributed by atoms with Gasteiger partial charge in [-0.15, -0.1) is 0 Å². The lowest BCUT2D eigenvalue weighted by atomic mass is 9.76. The molecule has 1 rings (SSSR count). The summed E-state index contributed by atoms with van der Waals surface area (Å²) in [6, 6.07) is 0.248. The van der Waals surface area contributed by atoms with E-state index < -0.39 is 0 Å². The molecule has 1 fully saturated rings. The van der Waals surface area contributed by atoms with E-state index in [1.54, 1.807) is 0 Å². The van der Waals surface area contributed by atoms with E-state index in [1.165, 1.54) is 38.5 Å². The zero-order chi connectivity index (χ0) is 10.6. The standard InChI is InChI=1S/C13H25N/c1-4-5-11-6-8-12(9-7-11)13(14)10(2)3/h11-13H,2,4-9,14H2,1,3H3. The summed E-state index contributed by atoms with van der Waals surface area (Å²) in [5.74, 6) is 1.69. The summed E-state index contributed by atoms with van der Waals surface area (Å²) in [5, 5.41) is 0. The zero-order valence-electron chi connectivity index (χ0n) is 9.76. The SMILES string of the molecule is C=C(C)C(N)C1CCC(CCC)CC1. The summed E-state index contributed by atoms with van der Waals surface area (Å²) < 4.78 is 0. The van der Waals surface area contributed by atoms with Gasteiger partial charge in [-0.2, -0.15) is 0 Å². The third-order valence-electron chi connectivity index (χ3n) is 3.67. The van der Waals surface area contributed by atoms with E-state index in [-0.39, 0.29) is 6.04 Å². The van der Waals surface area contributed by atoms with Crippen LogP contribution in [-0.4, -0.2) is 6.04 Å². The van der Waals surface area contributed by atoms with Crippen LogP contribution in [0.5, 0.6) is 0 Å². The first-order valence-electron chi connectivity index (χ1n) is 6.06. The Bertz CT molecular complexity index is 178. The molecule has 0 aromatic heterocycles. The third-order valence-corrected chi connectivity index (χ3v) is 3.67. The highest BCUT2D eigenvalue weighted by Gasteiger charge is 2.25. The molecule has 1 aliphatic carbocycles. The molecule has 0 aromatic rings. The van der Waals surface area contributed by atoms with E-state index in [2.05, 4.69) is 20.4 Å². The van der Waals surface area contributed by atoms with Gasteiger partial charge >= 0.3 is 0 Å². The van der Waals surface area contributed by atoms with Gasteiger partial charge in [-0.25, -0.2) is 0 Å². The summed E-state index contributed by atoms with van der Waals surface area (Å²) in [6.45, 7) is 8.30. The normalized spacial score (nSPS) is 29.9. The first-order valence-corrected chi connectivity index (χ1v) is 6.06. The molecule has 0 heterocycles. The van der Waals surface area contributed by atoms with Crippen molar-refractivity contribution in [1.29, 1.82) is 0 Å². The van der Waals surface area contributed by atoms with Crippen molar-refractivity contribution >= 4 is 0 Å². The Labute approximate surface area is 88.8 Å². The van der Waals surface area contributed by atoms with Crippen LogP contribution in [0.4, 0.5) is 0 Å². The van der Waals surface area contributed by atoms with Crippen molar-refractivity contribution in [2.75, 3.05) is 0 Å². The topological polar surface area (TPSA) is 26.0 Å². The van der Waals surface area contributed by atoms with Gasteiger partial charge in [-0.3, -0.25) is 0 Å². The van der Waals surface area contributed by atoms with Crippen LogP contribution in [0.25, 0.3) is 0 Å². The molecule has 14 heavy (non-hydrogen) atoms. The molecule has 1 heteroatoms. The smallest absolute Gasteiger partial charge is 0.0276 e. The van der Waals surface area contributed by atoms with Gasteiger partial charge in [-0.1, -0.05) is 44.8 Å². The lowest BCUT2D eigenvalue weighted by Gasteiger charge is -2.32. The van der Waals surface area contributed by atoms with Gasteiger partial charge in [0.05, 0.1) is 0 Å². The Morgan fingerprint density at radius 1 is 1.36 bits per heavy atom. The van der Waals surface area contributed by atoms with Gasteiger partial charge in [0, 0.05) is 6.04 Å². The van der Waals surface area contributed by atoms with Crippen LogP contribution in [0.1, 0.15) is 52.4 Å². The monoisotopic (exact) mass is 195 g/mol. The molecule has 1 atom stereocenters. The van der Waals surface area contributed by atoms with Crippen molar-refractivity contribution in [3.63, 3.8) is 0 Å². The van der Waals surface area contributed by atoms with Crippen molar-refractivity contribution in [2.24, 2.45) is 17.6 Å². The van der Waals surface area contributed by atoms with Gasteiger partial charge in [0.25, 0.3) is 0 Å². The van der Waals surface area contributed by atoms with E-state index in [0.29, 0.717) is 5.92 Å². The molecule has 1 unspecified atom stereocenters. The lowest BCUT2D eigenvalue weighted by molar-refractivity contribution is 0.245. The maximum Gasteiger partial charge on any atom is 0.0276 e. The largest absolute Gasteiger partial charge is 0.324 e. The van der Waals surface area contributed by atoms with Crippen molar-refractivity contribution in [2.45, 2.75) is 58.4 Å². The lowest BCUT2D eigenvalue weighted by Crippen LogP contribution is -2.33. The quantitative estimate of drug-likeness (QED) is 0.683. The molecule has 0 spiro atoms. The molecule has 1 nitrogen and oxygen atoms in total. The van der Waals surface area contributed by atoms with Crippen LogP contribution in [-0.2, 0) is 0 Å². The van der Waals surface area contributed by atoms with Gasteiger partial charge in [0.15, 0.2) is 0 Å². The highest BCUT2D eigenvalue weighted by molar-refractivity contribution is 5.03. The van der Waals surface area contributed by atoms with Gasteiger partial charge in [-0.05, 0) is 31.6 Å². The molecular weight excluding hydrogens is 170 g/mol. The Balaban J connectivity index is 2.31. The Morgan fingerprint density at radius 3 is 2.36 bits per heavy atom. The summed E-state index contributed by atoms with van der Waals surface area (Å²) in [6.07, 6.45) is 8.16. The van der Waals surface area contributed by atoms with Crippen LogP contribution in [0.2, 0.25) is 0 Å². The first-order chi connectivity index (χ1) is 6.65. The molecule has 0 aromatic carbocycles. The molecule has 1 saturated carbocycles. The van der Waals surface area contributed by atoms with E-state index in [9.17, 15) is 0 Å². The minimum atomic E-state index is 0.248. The number of nitrogens with two attached hydrogens (primary N) is 1. The molecular formula is C13H25N. The molecule has 0 aliphatic heterocycles. The minimum absolute atomic E-state index is 0.248. The molecule has 2 N–H and O–H groups in total. The van der Waals surface area contributed by atoms with Crippen LogP contribution in [0.15, 0.2) is 12.2 Å². The fourth-order valence-corrected chi connectivity index (χ4v) is 2.65. The predicted octanol–water partition coefficient (Wildman–Crippen LogP) is 3.50. The van der Waals surface area contributed by atoms with Crippen LogP contribution in [0, 0.1) is 11.8 Å². The second-order valence-corrected chi connectivity index (χ2v) is 4.94. The fraction of sp³-hybridized carbons (Fsp3) is 0.846. The van der Waals surface area contributed by atoms with Crippen LogP contribution in [0.3, 0.4) is 0 Å². The average Bonchev–Trinajstić information content (AvgIpc) is 2.18. The number of hydrogen-bond acceptors (Lipinski definition) is 1. The minimum Gasteiger partial charge on any atom is -0.324 e. The van der Waals surface area contributed by atoms with E-state index >= 15 is 0 Å². The second-order valence-electron chi connectivity index (χ2n) is 4.94. The van der Waals surface area contributed by atoms with Crippen molar-refractivity contribution in [1.82, 2.24) is 0 Å². The van der Waals surface area contributed by atoms with Crippen LogP contribution < -0.4 is 5.73 Å². The molecule has 0 radical (unpaired) electrons. The maximum atomic E-state index is 6.11. The molecule has 1 aliphatic rings. The highest BCUT2D eigenvalue weighted by atomic mass is 14.7. The molecule has 82 valence electrons. The first kappa shape index (κ1) is 11.8. The molecule has 0 bridgehead atoms. The van der Waals surface area contributed by atoms with E-state index in [4.69, 9.17) is 5.73 Å². The summed E-state index contributed by atoms with van der Waals surface area (Å²) in [4.78, 5) is 0. The average molecular weight is 195 g/mol. The predicted molar refractivity (Wildman–Crippen MR) is 63.1 cm³/mol. The third kappa shape index (κ3) is 3.13. The summed E-state index contributed by atoms with van der Waals surface area (Å²) in [7, 11) is 0. The maximum absolute atomic E-state index is 6.11. The van der Waals surface area contributed by atoms with Gasteiger partial charge in [0.2, 0.25) is 0 Å². The van der Waals surface area contributed by atoms with Gasteiger partial charge in [0.1, 0.15) is 0 Å². The van der Waals surface area contributed by atoms with E-state index in [0.717, 1.165) is 11.5 Å². The van der Waals surface area contributed by atoms with E-state index in [1.807, 2.05) is 0 Å². The number of rotatable bonds is 4. The van der Waals surface area contributed by atoms with Gasteiger partial charge < -0.3 is 5.73 Å². The van der Waals surface area contributed by atoms with Crippen molar-refractivity contribution in [3.05, 3.63) is 12.2 Å². The number of hydrogen-bond donors (Lipinski definition) is 1. The highest BCUT2D eigenvalue weighted by Crippen LogP contribution is 2.33. The summed E-state index contributed by atoms with van der Waals surface area (Å²) in [5.41, 5.74) is 7.27.